The zero-order valence-corrected chi connectivity index (χ0v) is 13.9. The summed E-state index contributed by atoms with van der Waals surface area (Å²) in [5.41, 5.74) is 0.469. The predicted octanol–water partition coefficient (Wildman–Crippen LogP) is 1.32. The van der Waals surface area contributed by atoms with Crippen molar-refractivity contribution in [3.8, 4) is 5.75 Å². The van der Waals surface area contributed by atoms with Crippen molar-refractivity contribution >= 4 is 5.97 Å². The van der Waals surface area contributed by atoms with Crippen molar-refractivity contribution < 1.29 is 24.1 Å². The normalized spacial score (nSPS) is 23.3. The lowest BCUT2D eigenvalue weighted by Gasteiger charge is -2.37. The molecule has 0 aromatic heterocycles. The predicted molar refractivity (Wildman–Crippen MR) is 85.7 cm³/mol. The van der Waals surface area contributed by atoms with Crippen LogP contribution in [0.5, 0.6) is 5.75 Å². The van der Waals surface area contributed by atoms with Gasteiger partial charge in [0.15, 0.2) is 0 Å². The molecule has 1 heterocycles. The number of methoxy groups -OCH3 is 1. The Hall–Kier alpha value is -1.63. The number of hydrogen-bond acceptors (Lipinski definition) is 6. The van der Waals surface area contributed by atoms with Crippen LogP contribution in [0.25, 0.3) is 0 Å². The number of hydrogen-bond donors (Lipinski definition) is 1. The molecule has 3 atom stereocenters. The Morgan fingerprint density at radius 1 is 1.39 bits per heavy atom. The summed E-state index contributed by atoms with van der Waals surface area (Å²) in [5.74, 6) is 0.229. The van der Waals surface area contributed by atoms with E-state index in [9.17, 15) is 9.90 Å². The number of carbonyl (C=O) groups excluding carboxylic acids is 1. The van der Waals surface area contributed by atoms with Crippen LogP contribution in [-0.2, 0) is 9.47 Å². The van der Waals surface area contributed by atoms with Crippen molar-refractivity contribution in [3.05, 3.63) is 29.8 Å². The molecular weight excluding hydrogens is 298 g/mol. The lowest BCUT2D eigenvalue weighted by molar-refractivity contribution is -0.0650. The average molecular weight is 323 g/mol. The molecular formula is C17H25NO5. The summed E-state index contributed by atoms with van der Waals surface area (Å²) in [5, 5.41) is 10.2. The Morgan fingerprint density at radius 3 is 2.74 bits per heavy atom. The quantitative estimate of drug-likeness (QED) is 0.797. The first kappa shape index (κ1) is 17.7. The number of esters is 1. The van der Waals surface area contributed by atoms with E-state index in [2.05, 4.69) is 16.6 Å². The van der Waals surface area contributed by atoms with Gasteiger partial charge >= 0.3 is 5.97 Å². The number of nitrogens with zero attached hydrogens (tertiary/aromatic N) is 1. The molecule has 23 heavy (non-hydrogen) atoms. The SMILES string of the molecule is COC(=O)c1ccc(OC[C@H](O)CN2C[C@@H](C)OC[C@@H]2C)cc1. The van der Waals surface area contributed by atoms with Crippen LogP contribution in [-0.4, -0.2) is 67.6 Å². The third-order valence-corrected chi connectivity index (χ3v) is 3.90. The highest BCUT2D eigenvalue weighted by Crippen LogP contribution is 2.15. The highest BCUT2D eigenvalue weighted by molar-refractivity contribution is 5.89. The van der Waals surface area contributed by atoms with E-state index in [0.717, 1.165) is 6.54 Å². The van der Waals surface area contributed by atoms with E-state index in [-0.39, 0.29) is 18.7 Å². The molecule has 128 valence electrons. The van der Waals surface area contributed by atoms with Gasteiger partial charge in [-0.2, -0.15) is 0 Å². The number of aliphatic hydroxyl groups excluding tert-OH is 1. The molecule has 0 bridgehead atoms. The van der Waals surface area contributed by atoms with Gasteiger partial charge in [-0.1, -0.05) is 0 Å². The minimum atomic E-state index is -0.581. The smallest absolute Gasteiger partial charge is 0.337 e. The summed E-state index contributed by atoms with van der Waals surface area (Å²) in [6, 6.07) is 6.95. The maximum atomic E-state index is 11.4. The van der Waals surface area contributed by atoms with Gasteiger partial charge < -0.3 is 19.3 Å². The number of morpholine rings is 1. The Kier molecular flexibility index (Phi) is 6.38. The summed E-state index contributed by atoms with van der Waals surface area (Å²) < 4.78 is 15.8. The number of rotatable bonds is 6. The van der Waals surface area contributed by atoms with Gasteiger partial charge in [0.2, 0.25) is 0 Å². The van der Waals surface area contributed by atoms with Gasteiger partial charge in [-0.05, 0) is 38.1 Å². The van der Waals surface area contributed by atoms with Gasteiger partial charge in [0.25, 0.3) is 0 Å². The molecule has 0 unspecified atom stereocenters. The van der Waals surface area contributed by atoms with Crippen molar-refractivity contribution in [1.82, 2.24) is 4.90 Å². The second kappa shape index (κ2) is 8.29. The van der Waals surface area contributed by atoms with Gasteiger partial charge in [-0.3, -0.25) is 4.90 Å². The van der Waals surface area contributed by atoms with Crippen LogP contribution >= 0.6 is 0 Å². The van der Waals surface area contributed by atoms with Crippen molar-refractivity contribution in [1.29, 1.82) is 0 Å². The number of benzene rings is 1. The Morgan fingerprint density at radius 2 is 2.09 bits per heavy atom. The molecule has 2 rings (SSSR count). The van der Waals surface area contributed by atoms with E-state index >= 15 is 0 Å². The average Bonchev–Trinajstić information content (AvgIpc) is 2.56. The Labute approximate surface area is 136 Å². The minimum absolute atomic E-state index is 0.185. The molecule has 0 spiro atoms. The zero-order chi connectivity index (χ0) is 16.8. The molecule has 1 aromatic carbocycles. The van der Waals surface area contributed by atoms with E-state index < -0.39 is 6.10 Å². The van der Waals surface area contributed by atoms with E-state index in [4.69, 9.17) is 9.47 Å². The van der Waals surface area contributed by atoms with Crippen LogP contribution in [0.1, 0.15) is 24.2 Å². The lowest BCUT2D eigenvalue weighted by atomic mass is 10.2. The third kappa shape index (κ3) is 5.20. The van der Waals surface area contributed by atoms with Crippen molar-refractivity contribution in [2.75, 3.05) is 33.4 Å². The minimum Gasteiger partial charge on any atom is -0.491 e. The fourth-order valence-corrected chi connectivity index (χ4v) is 2.55. The van der Waals surface area contributed by atoms with Crippen LogP contribution in [0.4, 0.5) is 0 Å². The summed E-state index contributed by atoms with van der Waals surface area (Å²) in [7, 11) is 1.34. The first-order chi connectivity index (χ1) is 11.0. The van der Waals surface area contributed by atoms with E-state index in [0.29, 0.717) is 30.5 Å². The number of ether oxygens (including phenoxy) is 3. The highest BCUT2D eigenvalue weighted by atomic mass is 16.5. The van der Waals surface area contributed by atoms with Crippen LogP contribution in [0.2, 0.25) is 0 Å². The standard InChI is InChI=1S/C17H25NO5/c1-12-10-22-13(2)8-18(12)9-15(19)11-23-16-6-4-14(5-7-16)17(20)21-3/h4-7,12-13,15,19H,8-11H2,1-3H3/t12-,13+,15+/m0/s1. The van der Waals surface area contributed by atoms with Crippen molar-refractivity contribution in [2.45, 2.75) is 32.1 Å². The maximum Gasteiger partial charge on any atom is 0.337 e. The van der Waals surface area contributed by atoms with E-state index in [1.165, 1.54) is 7.11 Å². The van der Waals surface area contributed by atoms with Gasteiger partial charge in [-0.15, -0.1) is 0 Å². The van der Waals surface area contributed by atoms with E-state index in [1.807, 2.05) is 6.92 Å². The summed E-state index contributed by atoms with van der Waals surface area (Å²) in [4.78, 5) is 13.6. The lowest BCUT2D eigenvalue weighted by Crippen LogP contribution is -2.50. The van der Waals surface area contributed by atoms with Crippen molar-refractivity contribution in [2.24, 2.45) is 0 Å². The molecule has 1 N–H and O–H groups in total. The fraction of sp³-hybridized carbons (Fsp3) is 0.588. The van der Waals surface area contributed by atoms with Crippen LogP contribution in [0.15, 0.2) is 24.3 Å². The zero-order valence-electron chi connectivity index (χ0n) is 13.9. The Bertz CT molecular complexity index is 504. The van der Waals surface area contributed by atoms with Crippen LogP contribution in [0.3, 0.4) is 0 Å². The molecule has 1 aromatic rings. The monoisotopic (exact) mass is 323 g/mol. The van der Waals surface area contributed by atoms with Gasteiger partial charge in [-0.25, -0.2) is 4.79 Å². The molecule has 0 radical (unpaired) electrons. The molecule has 1 aliphatic rings. The Balaban J connectivity index is 1.79. The molecule has 1 saturated heterocycles. The molecule has 0 aliphatic carbocycles. The van der Waals surface area contributed by atoms with Crippen LogP contribution < -0.4 is 4.74 Å². The number of β-amino-alcohol motifs (C(OH)–C–C–N with tert-alkyl or cyclic N) is 1. The van der Waals surface area contributed by atoms with E-state index in [1.54, 1.807) is 24.3 Å². The third-order valence-electron chi connectivity index (χ3n) is 3.90. The first-order valence-corrected chi connectivity index (χ1v) is 7.84. The number of aliphatic hydroxyl groups is 1. The molecule has 6 nitrogen and oxygen atoms in total. The number of carbonyl (C=O) groups is 1. The molecule has 1 fully saturated rings. The van der Waals surface area contributed by atoms with Gasteiger partial charge in [0, 0.05) is 19.1 Å². The second-order valence-corrected chi connectivity index (χ2v) is 5.93. The molecule has 6 heteroatoms. The fourth-order valence-electron chi connectivity index (χ4n) is 2.55. The summed E-state index contributed by atoms with van der Waals surface area (Å²) in [6.45, 7) is 6.37. The van der Waals surface area contributed by atoms with Gasteiger partial charge in [0.05, 0.1) is 25.4 Å². The van der Waals surface area contributed by atoms with Crippen molar-refractivity contribution in [3.63, 3.8) is 0 Å². The topological polar surface area (TPSA) is 68.2 Å². The molecule has 0 saturated carbocycles. The summed E-state index contributed by atoms with van der Waals surface area (Å²) in [6.07, 6.45) is -0.395. The first-order valence-electron chi connectivity index (χ1n) is 7.84. The molecule has 0 amide bonds. The highest BCUT2D eigenvalue weighted by Gasteiger charge is 2.25. The largest absolute Gasteiger partial charge is 0.491 e. The summed E-state index contributed by atoms with van der Waals surface area (Å²) >= 11 is 0. The second-order valence-electron chi connectivity index (χ2n) is 5.93. The van der Waals surface area contributed by atoms with Gasteiger partial charge in [0.1, 0.15) is 18.5 Å². The maximum absolute atomic E-state index is 11.4. The molecule has 1 aliphatic heterocycles. The van der Waals surface area contributed by atoms with Crippen LogP contribution in [0, 0.1) is 0 Å².